The number of amides is 1. The van der Waals surface area contributed by atoms with E-state index in [1.54, 1.807) is 23.8 Å². The van der Waals surface area contributed by atoms with E-state index in [2.05, 4.69) is 21.2 Å². The van der Waals surface area contributed by atoms with E-state index in [0.717, 1.165) is 15.8 Å². The van der Waals surface area contributed by atoms with Gasteiger partial charge < -0.3 is 14.5 Å². The van der Waals surface area contributed by atoms with Gasteiger partial charge in [0.2, 0.25) is 0 Å². The number of anilines is 1. The molecule has 0 fully saturated rings. The van der Waals surface area contributed by atoms with Gasteiger partial charge in [-0.1, -0.05) is 15.9 Å². The van der Waals surface area contributed by atoms with E-state index in [0.29, 0.717) is 11.4 Å². The average Bonchev–Trinajstić information content (AvgIpc) is 3.06. The lowest BCUT2D eigenvalue weighted by Gasteiger charge is -2.08. The molecule has 0 atom stereocenters. The van der Waals surface area contributed by atoms with Crippen molar-refractivity contribution >= 4 is 45.3 Å². The smallest absolute Gasteiger partial charge is 0.331 e. The number of benzene rings is 1. The van der Waals surface area contributed by atoms with E-state index in [-0.39, 0.29) is 12.5 Å². The van der Waals surface area contributed by atoms with Gasteiger partial charge in [0.25, 0.3) is 5.91 Å². The highest BCUT2D eigenvalue weighted by Crippen LogP contribution is 2.19. The summed E-state index contributed by atoms with van der Waals surface area (Å²) in [7, 11) is 0. The van der Waals surface area contributed by atoms with Crippen LogP contribution >= 0.6 is 27.7 Å². The van der Waals surface area contributed by atoms with Crippen LogP contribution in [-0.4, -0.2) is 18.5 Å². The number of ether oxygens (including phenoxy) is 1. The van der Waals surface area contributed by atoms with Crippen LogP contribution in [0.2, 0.25) is 0 Å². The molecule has 24 heavy (non-hydrogen) atoms. The number of halogens is 1. The quantitative estimate of drug-likeness (QED) is 0.545. The molecule has 0 spiro atoms. The van der Waals surface area contributed by atoms with Crippen molar-refractivity contribution in [2.24, 2.45) is 0 Å². The van der Waals surface area contributed by atoms with Crippen molar-refractivity contribution < 1.29 is 18.7 Å². The molecule has 0 saturated carbocycles. The minimum Gasteiger partial charge on any atom is -0.468 e. The molecule has 0 aliphatic carbocycles. The number of furan rings is 1. The van der Waals surface area contributed by atoms with Crippen molar-refractivity contribution in [1.82, 2.24) is 0 Å². The van der Waals surface area contributed by atoms with Crippen molar-refractivity contribution in [2.75, 3.05) is 11.9 Å². The van der Waals surface area contributed by atoms with Gasteiger partial charge in [-0.2, -0.15) is 0 Å². The molecule has 0 saturated heterocycles. The predicted octanol–water partition coefficient (Wildman–Crippen LogP) is 4.28. The van der Waals surface area contributed by atoms with E-state index < -0.39 is 5.97 Å². The van der Waals surface area contributed by atoms with Crippen LogP contribution in [0.1, 0.15) is 11.3 Å². The van der Waals surface area contributed by atoms with Crippen molar-refractivity contribution in [3.8, 4) is 0 Å². The SMILES string of the molecule is Cc1cc(Br)ccc1NC(=O)COC(=O)C=CSCc1ccco1. The van der Waals surface area contributed by atoms with Gasteiger partial charge in [-0.3, -0.25) is 4.79 Å². The van der Waals surface area contributed by atoms with Crippen LogP contribution in [0.4, 0.5) is 5.69 Å². The fraction of sp³-hybridized carbons (Fsp3) is 0.176. The molecule has 0 aliphatic rings. The predicted molar refractivity (Wildman–Crippen MR) is 97.6 cm³/mol. The third kappa shape index (κ3) is 6.25. The number of aryl methyl sites for hydroxylation is 1. The Balaban J connectivity index is 1.69. The number of carbonyl (C=O) groups is 2. The average molecular weight is 410 g/mol. The molecule has 0 radical (unpaired) electrons. The summed E-state index contributed by atoms with van der Waals surface area (Å²) in [6, 6.07) is 9.16. The topological polar surface area (TPSA) is 68.5 Å². The monoisotopic (exact) mass is 409 g/mol. The number of hydrogen-bond donors (Lipinski definition) is 1. The number of esters is 1. The molecule has 0 bridgehead atoms. The van der Waals surface area contributed by atoms with Crippen molar-refractivity contribution in [1.29, 1.82) is 0 Å². The Kier molecular flexibility index (Phi) is 7.14. The number of rotatable bonds is 7. The lowest BCUT2D eigenvalue weighted by Crippen LogP contribution is -2.20. The first kappa shape index (κ1) is 18.4. The summed E-state index contributed by atoms with van der Waals surface area (Å²) in [4.78, 5) is 23.3. The zero-order chi connectivity index (χ0) is 17.4. The maximum absolute atomic E-state index is 11.8. The third-order valence-corrected chi connectivity index (χ3v) is 4.19. The number of nitrogens with one attached hydrogen (secondary N) is 1. The van der Waals surface area contributed by atoms with Gasteiger partial charge in [-0.25, -0.2) is 4.79 Å². The van der Waals surface area contributed by atoms with Gasteiger partial charge in [-0.15, -0.1) is 11.8 Å². The highest BCUT2D eigenvalue weighted by Gasteiger charge is 2.07. The van der Waals surface area contributed by atoms with Crippen LogP contribution < -0.4 is 5.32 Å². The Hall–Kier alpha value is -1.99. The lowest BCUT2D eigenvalue weighted by molar-refractivity contribution is -0.142. The minimum absolute atomic E-state index is 0.332. The summed E-state index contributed by atoms with van der Waals surface area (Å²) >= 11 is 4.76. The van der Waals surface area contributed by atoms with E-state index >= 15 is 0 Å². The molecule has 0 aliphatic heterocycles. The summed E-state index contributed by atoms with van der Waals surface area (Å²) in [6.07, 6.45) is 2.88. The minimum atomic E-state index is -0.565. The van der Waals surface area contributed by atoms with Crippen LogP contribution in [0.25, 0.3) is 0 Å². The first-order valence-electron chi connectivity index (χ1n) is 7.08. The second-order valence-electron chi connectivity index (χ2n) is 4.81. The molecule has 0 unspecified atom stereocenters. The number of thioether (sulfide) groups is 1. The molecular formula is C17H16BrNO4S. The molecule has 5 nitrogen and oxygen atoms in total. The van der Waals surface area contributed by atoms with Gasteiger partial charge in [-0.05, 0) is 48.2 Å². The molecular weight excluding hydrogens is 394 g/mol. The van der Waals surface area contributed by atoms with E-state index in [4.69, 9.17) is 9.15 Å². The highest BCUT2D eigenvalue weighted by atomic mass is 79.9. The summed E-state index contributed by atoms with van der Waals surface area (Å²) in [6.45, 7) is 1.55. The summed E-state index contributed by atoms with van der Waals surface area (Å²) in [5, 5.41) is 4.31. The Morgan fingerprint density at radius 2 is 2.21 bits per heavy atom. The van der Waals surface area contributed by atoms with Crippen LogP contribution in [0.3, 0.4) is 0 Å². The second kappa shape index (κ2) is 9.34. The fourth-order valence-corrected chi connectivity index (χ4v) is 2.87. The Morgan fingerprint density at radius 1 is 1.38 bits per heavy atom. The Bertz CT molecular complexity index is 728. The van der Waals surface area contributed by atoms with E-state index in [1.165, 1.54) is 17.8 Å². The van der Waals surface area contributed by atoms with Gasteiger partial charge >= 0.3 is 5.97 Å². The van der Waals surface area contributed by atoms with Gasteiger partial charge in [0.05, 0.1) is 12.0 Å². The maximum Gasteiger partial charge on any atom is 0.331 e. The van der Waals surface area contributed by atoms with Crippen LogP contribution in [-0.2, 0) is 20.1 Å². The molecule has 2 aromatic rings. The maximum atomic E-state index is 11.8. The first-order chi connectivity index (χ1) is 11.5. The highest BCUT2D eigenvalue weighted by molar-refractivity contribution is 9.10. The molecule has 1 aromatic heterocycles. The normalized spacial score (nSPS) is 10.8. The second-order valence-corrected chi connectivity index (χ2v) is 6.62. The molecule has 1 N–H and O–H groups in total. The fourth-order valence-electron chi connectivity index (χ4n) is 1.77. The molecule has 126 valence electrons. The zero-order valence-electron chi connectivity index (χ0n) is 13.0. The van der Waals surface area contributed by atoms with Crippen molar-refractivity contribution in [3.63, 3.8) is 0 Å². The number of hydrogen-bond acceptors (Lipinski definition) is 5. The van der Waals surface area contributed by atoms with Crippen molar-refractivity contribution in [3.05, 3.63) is 63.9 Å². The molecule has 2 rings (SSSR count). The Morgan fingerprint density at radius 3 is 2.92 bits per heavy atom. The first-order valence-corrected chi connectivity index (χ1v) is 8.92. The summed E-state index contributed by atoms with van der Waals surface area (Å²) < 4.78 is 11.0. The number of carbonyl (C=O) groups excluding carboxylic acids is 2. The van der Waals surface area contributed by atoms with E-state index in [9.17, 15) is 9.59 Å². The molecule has 1 amide bonds. The van der Waals surface area contributed by atoms with E-state index in [1.807, 2.05) is 25.1 Å². The Labute approximate surface area is 152 Å². The molecule has 1 heterocycles. The molecule has 7 heteroatoms. The summed E-state index contributed by atoms with van der Waals surface area (Å²) in [5.74, 6) is 0.498. The van der Waals surface area contributed by atoms with Crippen LogP contribution in [0.15, 0.2) is 57.0 Å². The largest absolute Gasteiger partial charge is 0.468 e. The van der Waals surface area contributed by atoms with Gasteiger partial charge in [0.15, 0.2) is 6.61 Å². The standard InChI is InChI=1S/C17H16BrNO4S/c1-12-9-13(18)4-5-15(12)19-16(20)10-23-17(21)6-8-24-11-14-3-2-7-22-14/h2-9H,10-11H2,1H3,(H,19,20). The van der Waals surface area contributed by atoms with Crippen molar-refractivity contribution in [2.45, 2.75) is 12.7 Å². The van der Waals surface area contributed by atoms with Gasteiger partial charge in [0.1, 0.15) is 5.76 Å². The van der Waals surface area contributed by atoms with Gasteiger partial charge in [0, 0.05) is 16.2 Å². The van der Waals surface area contributed by atoms with Crippen LogP contribution in [0.5, 0.6) is 0 Å². The molecule has 1 aromatic carbocycles. The zero-order valence-corrected chi connectivity index (χ0v) is 15.4. The van der Waals surface area contributed by atoms with Crippen LogP contribution in [0, 0.1) is 6.92 Å². The third-order valence-electron chi connectivity index (χ3n) is 2.91. The summed E-state index contributed by atoms with van der Waals surface area (Å²) in [5.41, 5.74) is 1.60. The lowest BCUT2D eigenvalue weighted by atomic mass is 10.2.